The van der Waals surface area contributed by atoms with Gasteiger partial charge in [0.25, 0.3) is 0 Å². The van der Waals surface area contributed by atoms with Gasteiger partial charge >= 0.3 is 12.1 Å². The minimum atomic E-state index is -4.42. The Labute approximate surface area is 133 Å². The summed E-state index contributed by atoms with van der Waals surface area (Å²) in [4.78, 5) is 15.6. The number of esters is 1. The smallest absolute Gasteiger partial charge is 0.406 e. The molecule has 3 rings (SSSR count). The van der Waals surface area contributed by atoms with E-state index in [2.05, 4.69) is 19.9 Å². The van der Waals surface area contributed by atoms with Gasteiger partial charge in [0.05, 0.1) is 18.1 Å². The zero-order valence-electron chi connectivity index (χ0n) is 12.4. The first-order chi connectivity index (χ1) is 11.4. The predicted molar refractivity (Wildman–Crippen MR) is 78.2 cm³/mol. The van der Waals surface area contributed by atoms with Gasteiger partial charge in [-0.1, -0.05) is 12.1 Å². The standard InChI is InChI=1S/C15H11F3N4O2/c1-24-14(23)11-7-6-10(20-21-11)13-19-9-4-2-3-5-12(9)22(13)8-15(16,17)18/h2-7H,8H2,1H3. The van der Waals surface area contributed by atoms with Crippen molar-refractivity contribution in [2.45, 2.75) is 12.7 Å². The summed E-state index contributed by atoms with van der Waals surface area (Å²) in [6.07, 6.45) is -4.42. The molecule has 0 atom stereocenters. The van der Waals surface area contributed by atoms with Crippen molar-refractivity contribution in [2.75, 3.05) is 7.11 Å². The van der Waals surface area contributed by atoms with E-state index in [4.69, 9.17) is 0 Å². The Bertz CT molecular complexity index is 888. The lowest BCUT2D eigenvalue weighted by Gasteiger charge is -2.11. The molecule has 0 fully saturated rings. The normalized spacial score (nSPS) is 11.7. The van der Waals surface area contributed by atoms with Crippen LogP contribution in [0.3, 0.4) is 0 Å². The van der Waals surface area contributed by atoms with Crippen LogP contribution in [0.1, 0.15) is 10.5 Å². The van der Waals surface area contributed by atoms with Gasteiger partial charge in [-0.05, 0) is 24.3 Å². The van der Waals surface area contributed by atoms with Gasteiger partial charge in [-0.25, -0.2) is 9.78 Å². The zero-order chi connectivity index (χ0) is 17.3. The third kappa shape index (κ3) is 3.05. The number of fused-ring (bicyclic) bond motifs is 1. The Morgan fingerprint density at radius 1 is 1.17 bits per heavy atom. The number of alkyl halides is 3. The van der Waals surface area contributed by atoms with Crippen molar-refractivity contribution in [2.24, 2.45) is 0 Å². The number of ether oxygens (including phenoxy) is 1. The number of benzene rings is 1. The molecule has 1 aromatic carbocycles. The average molecular weight is 336 g/mol. The molecule has 2 heterocycles. The maximum atomic E-state index is 12.9. The highest BCUT2D eigenvalue weighted by Crippen LogP contribution is 2.27. The fourth-order valence-corrected chi connectivity index (χ4v) is 2.28. The summed E-state index contributed by atoms with van der Waals surface area (Å²) in [5.74, 6) is -0.657. The number of carbonyl (C=O) groups excluding carboxylic acids is 1. The number of aromatic nitrogens is 4. The van der Waals surface area contributed by atoms with Crippen LogP contribution in [0.25, 0.3) is 22.6 Å². The number of carbonyl (C=O) groups is 1. The number of para-hydroxylation sites is 2. The molecule has 0 radical (unpaired) electrons. The van der Waals surface area contributed by atoms with Gasteiger partial charge in [-0.3, -0.25) is 0 Å². The highest BCUT2D eigenvalue weighted by molar-refractivity contribution is 5.87. The molecule has 0 amide bonds. The van der Waals surface area contributed by atoms with Crippen LogP contribution in [0.15, 0.2) is 36.4 Å². The fraction of sp³-hybridized carbons (Fsp3) is 0.200. The van der Waals surface area contributed by atoms with Gasteiger partial charge in [0.1, 0.15) is 12.2 Å². The molecule has 0 aliphatic heterocycles. The fourth-order valence-electron chi connectivity index (χ4n) is 2.28. The summed E-state index contributed by atoms with van der Waals surface area (Å²) in [5, 5.41) is 7.48. The highest BCUT2D eigenvalue weighted by atomic mass is 19.4. The molecule has 124 valence electrons. The van der Waals surface area contributed by atoms with Crippen molar-refractivity contribution < 1.29 is 22.7 Å². The second-order valence-corrected chi connectivity index (χ2v) is 4.92. The van der Waals surface area contributed by atoms with E-state index in [-0.39, 0.29) is 17.2 Å². The molecule has 3 aromatic rings. The molecule has 2 aromatic heterocycles. The molecule has 9 heteroatoms. The van der Waals surface area contributed by atoms with E-state index in [0.29, 0.717) is 11.0 Å². The SMILES string of the molecule is COC(=O)c1ccc(-c2nc3ccccc3n2CC(F)(F)F)nn1. The Morgan fingerprint density at radius 3 is 2.54 bits per heavy atom. The number of nitrogens with zero attached hydrogens (tertiary/aromatic N) is 4. The largest absolute Gasteiger partial charge is 0.464 e. The van der Waals surface area contributed by atoms with Crippen LogP contribution in [0.2, 0.25) is 0 Å². The van der Waals surface area contributed by atoms with Gasteiger partial charge in [0, 0.05) is 0 Å². The number of hydrogen-bond donors (Lipinski definition) is 0. The third-order valence-electron chi connectivity index (χ3n) is 3.28. The predicted octanol–water partition coefficient (Wildman–Crippen LogP) is 2.84. The number of imidazole rings is 1. The van der Waals surface area contributed by atoms with Crippen LogP contribution >= 0.6 is 0 Å². The lowest BCUT2D eigenvalue weighted by atomic mass is 10.3. The second kappa shape index (κ2) is 5.91. The van der Waals surface area contributed by atoms with Gasteiger partial charge in [0.2, 0.25) is 0 Å². The first-order valence-corrected chi connectivity index (χ1v) is 6.83. The van der Waals surface area contributed by atoms with Gasteiger partial charge in [-0.15, -0.1) is 10.2 Å². The lowest BCUT2D eigenvalue weighted by molar-refractivity contribution is -0.139. The Balaban J connectivity index is 2.11. The second-order valence-electron chi connectivity index (χ2n) is 4.92. The van der Waals surface area contributed by atoms with Crippen LogP contribution in [0, 0.1) is 0 Å². The van der Waals surface area contributed by atoms with Crippen LogP contribution in [-0.4, -0.2) is 39.0 Å². The summed E-state index contributed by atoms with van der Waals surface area (Å²) in [6, 6.07) is 9.18. The van der Waals surface area contributed by atoms with Crippen molar-refractivity contribution in [3.05, 3.63) is 42.1 Å². The van der Waals surface area contributed by atoms with E-state index in [1.165, 1.54) is 19.2 Å². The van der Waals surface area contributed by atoms with Gasteiger partial charge in [0.15, 0.2) is 11.5 Å². The van der Waals surface area contributed by atoms with E-state index in [1.807, 2.05) is 0 Å². The van der Waals surface area contributed by atoms with Gasteiger partial charge in [-0.2, -0.15) is 13.2 Å². The minimum Gasteiger partial charge on any atom is -0.464 e. The summed E-state index contributed by atoms with van der Waals surface area (Å²) in [6.45, 7) is -1.21. The molecule has 24 heavy (non-hydrogen) atoms. The molecule has 6 nitrogen and oxygen atoms in total. The summed E-state index contributed by atoms with van der Waals surface area (Å²) in [7, 11) is 1.20. The van der Waals surface area contributed by atoms with Crippen LogP contribution in [0.5, 0.6) is 0 Å². The zero-order valence-corrected chi connectivity index (χ0v) is 12.4. The Hall–Kier alpha value is -2.97. The Morgan fingerprint density at radius 2 is 1.92 bits per heavy atom. The summed E-state index contributed by atoms with van der Waals surface area (Å²) >= 11 is 0. The third-order valence-corrected chi connectivity index (χ3v) is 3.28. The first kappa shape index (κ1) is 15.9. The van der Waals surface area contributed by atoms with E-state index in [9.17, 15) is 18.0 Å². The maximum Gasteiger partial charge on any atom is 0.406 e. The van der Waals surface area contributed by atoms with Crippen LogP contribution in [0.4, 0.5) is 13.2 Å². The summed E-state index contributed by atoms with van der Waals surface area (Å²) < 4.78 is 44.3. The van der Waals surface area contributed by atoms with E-state index >= 15 is 0 Å². The van der Waals surface area contributed by atoms with E-state index in [1.54, 1.807) is 24.3 Å². The molecular formula is C15H11F3N4O2. The molecule has 0 N–H and O–H groups in total. The molecule has 0 saturated heterocycles. The number of rotatable bonds is 3. The van der Waals surface area contributed by atoms with Crippen molar-refractivity contribution in [1.82, 2.24) is 19.7 Å². The number of hydrogen-bond acceptors (Lipinski definition) is 5. The highest BCUT2D eigenvalue weighted by Gasteiger charge is 2.31. The Kier molecular flexibility index (Phi) is 3.92. The molecule has 0 saturated carbocycles. The molecule has 0 bridgehead atoms. The molecule has 0 aliphatic carbocycles. The van der Waals surface area contributed by atoms with Gasteiger partial charge < -0.3 is 9.30 Å². The lowest BCUT2D eigenvalue weighted by Crippen LogP contribution is -2.18. The number of methoxy groups -OCH3 is 1. The van der Waals surface area contributed by atoms with Crippen molar-refractivity contribution in [3.8, 4) is 11.5 Å². The summed E-state index contributed by atoms with van der Waals surface area (Å²) in [5.41, 5.74) is 0.835. The molecule has 0 unspecified atom stereocenters. The van der Waals surface area contributed by atoms with Crippen LogP contribution < -0.4 is 0 Å². The quantitative estimate of drug-likeness (QED) is 0.688. The van der Waals surface area contributed by atoms with Crippen LogP contribution in [-0.2, 0) is 11.3 Å². The van der Waals surface area contributed by atoms with E-state index in [0.717, 1.165) is 4.57 Å². The monoisotopic (exact) mass is 336 g/mol. The topological polar surface area (TPSA) is 69.9 Å². The molecule has 0 aliphatic rings. The first-order valence-electron chi connectivity index (χ1n) is 6.83. The van der Waals surface area contributed by atoms with E-state index < -0.39 is 18.7 Å². The van der Waals surface area contributed by atoms with Crippen molar-refractivity contribution in [1.29, 1.82) is 0 Å². The maximum absolute atomic E-state index is 12.9. The minimum absolute atomic E-state index is 0.0254. The van der Waals surface area contributed by atoms with Crippen molar-refractivity contribution >= 4 is 17.0 Å². The molecule has 0 spiro atoms. The number of halogens is 3. The molecular weight excluding hydrogens is 325 g/mol. The van der Waals surface area contributed by atoms with Crippen molar-refractivity contribution in [3.63, 3.8) is 0 Å². The average Bonchev–Trinajstić information content (AvgIpc) is 2.91.